The first-order valence-electron chi connectivity index (χ1n) is 3.32. The summed E-state index contributed by atoms with van der Waals surface area (Å²) >= 11 is 0. The molecule has 5 N–H and O–H groups in total. The standard InChI is InChI=1S/C6H10O6/c7-1-2-3(8)4(9)5(10)6(11)12-2/h2-3,6-11H,1H2/t2-,3+,6-/m1/s1. The number of hydrogen-bond acceptors (Lipinski definition) is 6. The summed E-state index contributed by atoms with van der Waals surface area (Å²) < 4.78 is 4.52. The van der Waals surface area contributed by atoms with E-state index in [1.165, 1.54) is 0 Å². The van der Waals surface area contributed by atoms with Crippen molar-refractivity contribution in [1.82, 2.24) is 0 Å². The van der Waals surface area contributed by atoms with E-state index >= 15 is 0 Å². The van der Waals surface area contributed by atoms with Gasteiger partial charge in [-0.2, -0.15) is 0 Å². The van der Waals surface area contributed by atoms with Gasteiger partial charge in [-0.3, -0.25) is 0 Å². The molecule has 0 aromatic heterocycles. The van der Waals surface area contributed by atoms with E-state index < -0.39 is 36.6 Å². The minimum absolute atomic E-state index is 0.560. The molecule has 0 saturated carbocycles. The zero-order valence-corrected chi connectivity index (χ0v) is 6.08. The summed E-state index contributed by atoms with van der Waals surface area (Å²) in [5.41, 5.74) is 0. The number of rotatable bonds is 1. The Morgan fingerprint density at radius 3 is 2.25 bits per heavy atom. The summed E-state index contributed by atoms with van der Waals surface area (Å²) in [5.74, 6) is -1.60. The molecule has 0 radical (unpaired) electrons. The first kappa shape index (κ1) is 9.27. The van der Waals surface area contributed by atoms with Crippen LogP contribution in [0.2, 0.25) is 0 Å². The molecule has 0 aromatic rings. The van der Waals surface area contributed by atoms with E-state index in [-0.39, 0.29) is 0 Å². The maximum Gasteiger partial charge on any atom is 0.218 e. The summed E-state index contributed by atoms with van der Waals surface area (Å²) in [6.07, 6.45) is -4.31. The zero-order chi connectivity index (χ0) is 9.30. The lowest BCUT2D eigenvalue weighted by molar-refractivity contribution is -0.188. The van der Waals surface area contributed by atoms with Crippen molar-refractivity contribution in [3.63, 3.8) is 0 Å². The van der Waals surface area contributed by atoms with Crippen molar-refractivity contribution in [3.8, 4) is 0 Å². The second-order valence-electron chi connectivity index (χ2n) is 2.42. The fourth-order valence-corrected chi connectivity index (χ4v) is 0.901. The van der Waals surface area contributed by atoms with Crippen molar-refractivity contribution < 1.29 is 30.3 Å². The highest BCUT2D eigenvalue weighted by molar-refractivity contribution is 5.11. The molecule has 0 saturated heterocycles. The monoisotopic (exact) mass is 178 g/mol. The van der Waals surface area contributed by atoms with Crippen LogP contribution >= 0.6 is 0 Å². The van der Waals surface area contributed by atoms with Crippen LogP contribution in [-0.2, 0) is 4.74 Å². The average Bonchev–Trinajstić information content (AvgIpc) is 2.08. The highest BCUT2D eigenvalue weighted by Crippen LogP contribution is 2.21. The van der Waals surface area contributed by atoms with Crippen molar-refractivity contribution in [2.75, 3.05) is 6.61 Å². The Balaban J connectivity index is 2.85. The molecule has 0 spiro atoms. The Morgan fingerprint density at radius 1 is 1.17 bits per heavy atom. The number of aliphatic hydroxyl groups is 5. The minimum atomic E-state index is -1.69. The van der Waals surface area contributed by atoms with Crippen LogP contribution in [0.15, 0.2) is 11.5 Å². The molecular formula is C6H10O6. The summed E-state index contributed by atoms with van der Waals surface area (Å²) in [6, 6.07) is 0. The second-order valence-corrected chi connectivity index (χ2v) is 2.42. The van der Waals surface area contributed by atoms with E-state index in [4.69, 9.17) is 25.5 Å². The summed E-state index contributed by atoms with van der Waals surface area (Å²) in [6.45, 7) is -0.560. The van der Waals surface area contributed by atoms with Gasteiger partial charge in [0.2, 0.25) is 6.29 Å². The summed E-state index contributed by atoms with van der Waals surface area (Å²) in [7, 11) is 0. The lowest BCUT2D eigenvalue weighted by atomic mass is 10.1. The molecule has 70 valence electrons. The fourth-order valence-electron chi connectivity index (χ4n) is 0.901. The van der Waals surface area contributed by atoms with Gasteiger partial charge in [0.15, 0.2) is 11.5 Å². The minimum Gasteiger partial charge on any atom is -0.506 e. The van der Waals surface area contributed by atoms with Crippen LogP contribution in [0.1, 0.15) is 0 Å². The van der Waals surface area contributed by atoms with Gasteiger partial charge in [-0.25, -0.2) is 0 Å². The maximum absolute atomic E-state index is 9.06. The van der Waals surface area contributed by atoms with E-state index in [9.17, 15) is 0 Å². The van der Waals surface area contributed by atoms with Gasteiger partial charge in [-0.1, -0.05) is 0 Å². The first-order valence-corrected chi connectivity index (χ1v) is 3.32. The van der Waals surface area contributed by atoms with Crippen LogP contribution < -0.4 is 0 Å². The van der Waals surface area contributed by atoms with Crippen LogP contribution in [0.5, 0.6) is 0 Å². The highest BCUT2D eigenvalue weighted by atomic mass is 16.6. The number of aliphatic hydroxyl groups excluding tert-OH is 5. The Kier molecular flexibility index (Phi) is 2.53. The Bertz CT molecular complexity index is 200. The summed E-state index contributed by atoms with van der Waals surface area (Å²) in [5, 5.41) is 44.3. The molecule has 6 heteroatoms. The molecule has 6 nitrogen and oxygen atoms in total. The molecule has 0 amide bonds. The lowest BCUT2D eigenvalue weighted by Crippen LogP contribution is -2.43. The van der Waals surface area contributed by atoms with Crippen molar-refractivity contribution in [2.24, 2.45) is 0 Å². The van der Waals surface area contributed by atoms with Gasteiger partial charge in [0.25, 0.3) is 0 Å². The molecule has 12 heavy (non-hydrogen) atoms. The van der Waals surface area contributed by atoms with E-state index in [1.807, 2.05) is 0 Å². The SMILES string of the molecule is OC[C@H]1O[C@@H](O)C(O)=C(O)[C@H]1O. The third-order valence-electron chi connectivity index (χ3n) is 1.61. The molecule has 1 rings (SSSR count). The van der Waals surface area contributed by atoms with E-state index in [2.05, 4.69) is 4.74 Å². The van der Waals surface area contributed by atoms with Crippen molar-refractivity contribution in [3.05, 3.63) is 11.5 Å². The maximum atomic E-state index is 9.06. The van der Waals surface area contributed by atoms with Gasteiger partial charge in [-0.15, -0.1) is 0 Å². The fraction of sp³-hybridized carbons (Fsp3) is 0.667. The Labute approximate surface area is 68.0 Å². The molecule has 0 fully saturated rings. The first-order chi connectivity index (χ1) is 5.57. The Morgan fingerprint density at radius 2 is 1.75 bits per heavy atom. The van der Waals surface area contributed by atoms with Gasteiger partial charge in [0.05, 0.1) is 6.61 Å². The van der Waals surface area contributed by atoms with Crippen LogP contribution in [0.4, 0.5) is 0 Å². The molecule has 0 aliphatic carbocycles. The topological polar surface area (TPSA) is 110 Å². The normalized spacial score (nSPS) is 37.1. The van der Waals surface area contributed by atoms with E-state index in [0.717, 1.165) is 0 Å². The highest BCUT2D eigenvalue weighted by Gasteiger charge is 2.35. The predicted molar refractivity (Wildman–Crippen MR) is 36.3 cm³/mol. The molecule has 1 aliphatic rings. The lowest BCUT2D eigenvalue weighted by Gasteiger charge is -2.29. The molecule has 0 unspecified atom stereocenters. The van der Waals surface area contributed by atoms with Gasteiger partial charge in [0, 0.05) is 0 Å². The van der Waals surface area contributed by atoms with Crippen LogP contribution in [-0.4, -0.2) is 50.6 Å². The quantitative estimate of drug-likeness (QED) is 0.330. The van der Waals surface area contributed by atoms with Gasteiger partial charge in [-0.05, 0) is 0 Å². The number of hydrogen-bond donors (Lipinski definition) is 5. The molecule has 1 aliphatic heterocycles. The van der Waals surface area contributed by atoms with Crippen LogP contribution in [0.3, 0.4) is 0 Å². The molecule has 0 aromatic carbocycles. The molecule has 3 atom stereocenters. The van der Waals surface area contributed by atoms with Crippen LogP contribution in [0, 0.1) is 0 Å². The largest absolute Gasteiger partial charge is 0.506 e. The van der Waals surface area contributed by atoms with Gasteiger partial charge in [0.1, 0.15) is 12.2 Å². The van der Waals surface area contributed by atoms with Gasteiger partial charge >= 0.3 is 0 Å². The van der Waals surface area contributed by atoms with E-state index in [0.29, 0.717) is 0 Å². The third-order valence-corrected chi connectivity index (χ3v) is 1.61. The molecular weight excluding hydrogens is 168 g/mol. The number of ether oxygens (including phenoxy) is 1. The van der Waals surface area contributed by atoms with Crippen molar-refractivity contribution >= 4 is 0 Å². The van der Waals surface area contributed by atoms with E-state index in [1.54, 1.807) is 0 Å². The van der Waals surface area contributed by atoms with Gasteiger partial charge < -0.3 is 30.3 Å². The van der Waals surface area contributed by atoms with Crippen molar-refractivity contribution in [1.29, 1.82) is 0 Å². The summed E-state index contributed by atoms with van der Waals surface area (Å²) in [4.78, 5) is 0. The predicted octanol–water partition coefficient (Wildman–Crippen LogP) is -1.62. The zero-order valence-electron chi connectivity index (χ0n) is 6.08. The second kappa shape index (κ2) is 3.28. The smallest absolute Gasteiger partial charge is 0.218 e. The average molecular weight is 178 g/mol. The molecule has 0 bridgehead atoms. The Hall–Kier alpha value is -0.820. The molecule has 1 heterocycles. The van der Waals surface area contributed by atoms with Crippen LogP contribution in [0.25, 0.3) is 0 Å². The third kappa shape index (κ3) is 1.37. The van der Waals surface area contributed by atoms with Crippen molar-refractivity contribution in [2.45, 2.75) is 18.5 Å².